The molecule has 1 aliphatic rings. The average Bonchev–Trinajstić information content (AvgIpc) is 2.53. The predicted octanol–water partition coefficient (Wildman–Crippen LogP) is 0.883. The van der Waals surface area contributed by atoms with E-state index in [2.05, 4.69) is 6.92 Å². The van der Waals surface area contributed by atoms with Crippen LogP contribution in [-0.4, -0.2) is 72.7 Å². The van der Waals surface area contributed by atoms with Gasteiger partial charge in [-0.2, -0.15) is 0 Å². The van der Waals surface area contributed by atoms with Crippen molar-refractivity contribution in [3.05, 3.63) is 0 Å². The number of ether oxygens (including phenoxy) is 1. The lowest BCUT2D eigenvalue weighted by molar-refractivity contribution is -0.151. The summed E-state index contributed by atoms with van der Waals surface area (Å²) < 4.78 is 5.06. The third-order valence-corrected chi connectivity index (χ3v) is 4.00. The van der Waals surface area contributed by atoms with Crippen LogP contribution in [0.4, 0.5) is 0 Å². The van der Waals surface area contributed by atoms with Crippen LogP contribution in [0.25, 0.3) is 0 Å². The van der Waals surface area contributed by atoms with Gasteiger partial charge in [-0.05, 0) is 32.7 Å². The second-order valence-corrected chi connectivity index (χ2v) is 5.78. The van der Waals surface area contributed by atoms with E-state index >= 15 is 0 Å². The molecule has 0 aromatic carbocycles. The summed E-state index contributed by atoms with van der Waals surface area (Å²) in [5, 5.41) is 9.11. The molecule has 1 saturated heterocycles. The van der Waals surface area contributed by atoms with E-state index in [1.165, 1.54) is 0 Å². The van der Waals surface area contributed by atoms with Crippen molar-refractivity contribution in [2.24, 2.45) is 5.92 Å². The lowest BCUT2D eigenvalue weighted by Gasteiger charge is -2.33. The van der Waals surface area contributed by atoms with Crippen molar-refractivity contribution in [2.45, 2.75) is 39.5 Å². The molecule has 1 rings (SSSR count). The topological polar surface area (TPSA) is 70.1 Å². The van der Waals surface area contributed by atoms with Crippen LogP contribution in [0.15, 0.2) is 0 Å². The van der Waals surface area contributed by atoms with Gasteiger partial charge in [0.1, 0.15) is 0 Å². The predicted molar refractivity (Wildman–Crippen MR) is 84.4 cm³/mol. The van der Waals surface area contributed by atoms with Crippen molar-refractivity contribution < 1.29 is 19.4 Å². The minimum Gasteiger partial charge on any atom is -0.466 e. The van der Waals surface area contributed by atoms with Crippen molar-refractivity contribution in [3.8, 4) is 0 Å². The maximum absolute atomic E-state index is 12.4. The molecule has 22 heavy (non-hydrogen) atoms. The van der Waals surface area contributed by atoms with Gasteiger partial charge in [-0.3, -0.25) is 14.5 Å². The Bertz CT molecular complexity index is 349. The zero-order valence-corrected chi connectivity index (χ0v) is 13.9. The molecule has 1 amide bonds. The van der Waals surface area contributed by atoms with E-state index in [9.17, 15) is 9.59 Å². The quantitative estimate of drug-likeness (QED) is 0.640. The first-order valence-corrected chi connectivity index (χ1v) is 8.39. The molecule has 1 N–H and O–H groups in total. The number of esters is 1. The summed E-state index contributed by atoms with van der Waals surface area (Å²) >= 11 is 0. The fourth-order valence-corrected chi connectivity index (χ4v) is 2.74. The van der Waals surface area contributed by atoms with Crippen LogP contribution in [0.3, 0.4) is 0 Å². The SMILES string of the molecule is CCCCN(CCO)CC(=O)N1CCC[C@@H](C(=O)OCC)C1. The average molecular weight is 314 g/mol. The van der Waals surface area contributed by atoms with Gasteiger partial charge >= 0.3 is 5.97 Å². The van der Waals surface area contributed by atoms with E-state index in [1.54, 1.807) is 11.8 Å². The summed E-state index contributed by atoms with van der Waals surface area (Å²) in [5.41, 5.74) is 0. The fraction of sp³-hybridized carbons (Fsp3) is 0.875. The Morgan fingerprint density at radius 1 is 1.32 bits per heavy atom. The smallest absolute Gasteiger partial charge is 0.310 e. The molecule has 0 aliphatic carbocycles. The van der Waals surface area contributed by atoms with Crippen LogP contribution in [0.2, 0.25) is 0 Å². The molecule has 1 fully saturated rings. The number of nitrogens with zero attached hydrogens (tertiary/aromatic N) is 2. The van der Waals surface area contributed by atoms with Crippen LogP contribution in [0, 0.1) is 5.92 Å². The molecule has 1 atom stereocenters. The summed E-state index contributed by atoms with van der Waals surface area (Å²) in [6, 6.07) is 0. The highest BCUT2D eigenvalue weighted by Crippen LogP contribution is 2.18. The molecule has 1 heterocycles. The minimum atomic E-state index is -0.196. The number of piperidine rings is 1. The van der Waals surface area contributed by atoms with Crippen LogP contribution in [-0.2, 0) is 14.3 Å². The van der Waals surface area contributed by atoms with Gasteiger partial charge in [0.15, 0.2) is 0 Å². The van der Waals surface area contributed by atoms with Crippen LogP contribution < -0.4 is 0 Å². The lowest BCUT2D eigenvalue weighted by Crippen LogP contribution is -2.47. The second-order valence-electron chi connectivity index (χ2n) is 5.78. The maximum Gasteiger partial charge on any atom is 0.310 e. The molecule has 0 saturated carbocycles. The molecular formula is C16H30N2O4. The number of rotatable bonds is 9. The van der Waals surface area contributed by atoms with E-state index in [0.29, 0.717) is 32.8 Å². The number of hydrogen-bond acceptors (Lipinski definition) is 5. The number of carbonyl (C=O) groups excluding carboxylic acids is 2. The van der Waals surface area contributed by atoms with Gasteiger partial charge in [-0.25, -0.2) is 0 Å². The van der Waals surface area contributed by atoms with Crippen LogP contribution in [0.1, 0.15) is 39.5 Å². The number of amides is 1. The summed E-state index contributed by atoms with van der Waals surface area (Å²) in [4.78, 5) is 28.0. The Morgan fingerprint density at radius 2 is 2.09 bits per heavy atom. The number of hydrogen-bond donors (Lipinski definition) is 1. The summed E-state index contributed by atoms with van der Waals surface area (Å²) in [6.45, 7) is 7.15. The van der Waals surface area contributed by atoms with Gasteiger partial charge in [-0.15, -0.1) is 0 Å². The molecule has 6 heteroatoms. The normalized spacial score (nSPS) is 18.5. The highest BCUT2D eigenvalue weighted by molar-refractivity contribution is 5.80. The largest absolute Gasteiger partial charge is 0.466 e. The number of likely N-dealkylation sites (tertiary alicyclic amines) is 1. The van der Waals surface area contributed by atoms with Crippen LogP contribution >= 0.6 is 0 Å². The molecule has 0 unspecified atom stereocenters. The molecule has 0 radical (unpaired) electrons. The van der Waals surface area contributed by atoms with Crippen molar-refractivity contribution in [3.63, 3.8) is 0 Å². The first kappa shape index (κ1) is 18.9. The Morgan fingerprint density at radius 3 is 2.73 bits per heavy atom. The number of aliphatic hydroxyl groups is 1. The summed E-state index contributed by atoms with van der Waals surface area (Å²) in [5.74, 6) is -0.351. The van der Waals surface area contributed by atoms with E-state index in [4.69, 9.17) is 9.84 Å². The molecule has 128 valence electrons. The fourth-order valence-electron chi connectivity index (χ4n) is 2.74. The number of unbranched alkanes of at least 4 members (excludes halogenated alkanes) is 1. The molecule has 1 aliphatic heterocycles. The van der Waals surface area contributed by atoms with Crippen LogP contribution in [0.5, 0.6) is 0 Å². The Kier molecular flexibility index (Phi) is 9.08. The van der Waals surface area contributed by atoms with Crippen molar-refractivity contribution in [1.82, 2.24) is 9.80 Å². The second kappa shape index (κ2) is 10.6. The van der Waals surface area contributed by atoms with E-state index in [-0.39, 0.29) is 24.4 Å². The lowest BCUT2D eigenvalue weighted by atomic mass is 9.98. The van der Waals surface area contributed by atoms with E-state index in [0.717, 1.165) is 32.2 Å². The van der Waals surface area contributed by atoms with Crippen molar-refractivity contribution >= 4 is 11.9 Å². The first-order chi connectivity index (χ1) is 10.6. The molecule has 0 aromatic rings. The summed E-state index contributed by atoms with van der Waals surface area (Å²) in [6.07, 6.45) is 3.70. The molecule has 0 bridgehead atoms. The van der Waals surface area contributed by atoms with E-state index in [1.807, 2.05) is 4.90 Å². The third-order valence-electron chi connectivity index (χ3n) is 4.00. The minimum absolute atomic E-state index is 0.0403. The van der Waals surface area contributed by atoms with Crippen molar-refractivity contribution in [2.75, 3.05) is 45.9 Å². The van der Waals surface area contributed by atoms with Gasteiger partial charge in [0.25, 0.3) is 0 Å². The molecule has 0 spiro atoms. The Balaban J connectivity index is 2.50. The van der Waals surface area contributed by atoms with E-state index < -0.39 is 0 Å². The van der Waals surface area contributed by atoms with Gasteiger partial charge in [0.05, 0.1) is 25.7 Å². The molecule has 6 nitrogen and oxygen atoms in total. The van der Waals surface area contributed by atoms with Gasteiger partial charge < -0.3 is 14.7 Å². The standard InChI is InChI=1S/C16H30N2O4/c1-3-5-8-17(10-11-19)13-15(20)18-9-6-7-14(12-18)16(21)22-4-2/h14,19H,3-13H2,1-2H3/t14-/m1/s1. The zero-order chi connectivity index (χ0) is 16.4. The highest BCUT2D eigenvalue weighted by Gasteiger charge is 2.29. The Labute approximate surface area is 133 Å². The van der Waals surface area contributed by atoms with Crippen molar-refractivity contribution in [1.29, 1.82) is 0 Å². The van der Waals surface area contributed by atoms with Gasteiger partial charge in [0.2, 0.25) is 5.91 Å². The maximum atomic E-state index is 12.4. The van der Waals surface area contributed by atoms with Gasteiger partial charge in [0, 0.05) is 19.6 Å². The van der Waals surface area contributed by atoms with Gasteiger partial charge in [-0.1, -0.05) is 13.3 Å². The highest BCUT2D eigenvalue weighted by atomic mass is 16.5. The number of carbonyl (C=O) groups is 2. The third kappa shape index (κ3) is 6.32. The Hall–Kier alpha value is -1.14. The molecule has 0 aromatic heterocycles. The molecular weight excluding hydrogens is 284 g/mol. The zero-order valence-electron chi connectivity index (χ0n) is 13.9. The monoisotopic (exact) mass is 314 g/mol. The first-order valence-electron chi connectivity index (χ1n) is 8.39. The number of aliphatic hydroxyl groups excluding tert-OH is 1. The summed E-state index contributed by atoms with van der Waals surface area (Å²) in [7, 11) is 0.